The van der Waals surface area contributed by atoms with E-state index in [0.29, 0.717) is 0 Å². The second-order valence-electron chi connectivity index (χ2n) is 5.59. The summed E-state index contributed by atoms with van der Waals surface area (Å²) >= 11 is 0. The summed E-state index contributed by atoms with van der Waals surface area (Å²) in [6.07, 6.45) is 2.20. The minimum absolute atomic E-state index is 0. The summed E-state index contributed by atoms with van der Waals surface area (Å²) in [6, 6.07) is 10.1. The lowest BCUT2D eigenvalue weighted by Crippen LogP contribution is -2.49. The van der Waals surface area contributed by atoms with Gasteiger partial charge in [0.2, 0.25) is 5.91 Å². The molecule has 132 valence electrons. The van der Waals surface area contributed by atoms with Crippen molar-refractivity contribution in [3.8, 4) is 0 Å². The maximum absolute atomic E-state index is 12.8. The molecule has 2 atom stereocenters. The lowest BCUT2D eigenvalue weighted by molar-refractivity contribution is -0.127. The molecule has 0 radical (unpaired) electrons. The predicted octanol–water partition coefficient (Wildman–Crippen LogP) is 2.78. The van der Waals surface area contributed by atoms with Gasteiger partial charge >= 0.3 is 0 Å². The van der Waals surface area contributed by atoms with Gasteiger partial charge in [0.1, 0.15) is 6.04 Å². The minimum Gasteiger partial charge on any atom is -0.350 e. The van der Waals surface area contributed by atoms with Crippen LogP contribution < -0.4 is 10.6 Å². The summed E-state index contributed by atoms with van der Waals surface area (Å²) in [5, 5.41) is 6.57. The normalized spacial score (nSPS) is 18.5. The molecule has 2 N–H and O–H groups in total. The van der Waals surface area contributed by atoms with Gasteiger partial charge in [-0.15, -0.1) is 24.8 Å². The van der Waals surface area contributed by atoms with Crippen LogP contribution in [0.25, 0.3) is 0 Å². The van der Waals surface area contributed by atoms with Crippen LogP contribution in [0.3, 0.4) is 0 Å². The number of likely N-dealkylation sites (N-methyl/N-ethyl adjacent to an activating group) is 1. The first-order valence-electron chi connectivity index (χ1n) is 8.06. The van der Waals surface area contributed by atoms with Crippen LogP contribution in [0.5, 0.6) is 0 Å². The van der Waals surface area contributed by atoms with Gasteiger partial charge in [0.15, 0.2) is 0 Å². The van der Waals surface area contributed by atoms with Gasteiger partial charge in [-0.2, -0.15) is 0 Å². The molecule has 0 saturated carbocycles. The fourth-order valence-corrected chi connectivity index (χ4v) is 3.01. The van der Waals surface area contributed by atoms with Crippen LogP contribution >= 0.6 is 24.8 Å². The summed E-state index contributed by atoms with van der Waals surface area (Å²) in [5.74, 6) is 0.124. The third-order valence-electron chi connectivity index (χ3n) is 4.18. The Morgan fingerprint density at radius 2 is 1.91 bits per heavy atom. The lowest BCUT2D eigenvalue weighted by Gasteiger charge is -2.32. The van der Waals surface area contributed by atoms with Gasteiger partial charge in [0, 0.05) is 12.6 Å². The number of hydrogen-bond acceptors (Lipinski definition) is 3. The molecule has 0 aliphatic carbocycles. The summed E-state index contributed by atoms with van der Waals surface area (Å²) < 4.78 is 0. The number of hydrogen-bond donors (Lipinski definition) is 2. The molecule has 1 fully saturated rings. The third kappa shape index (κ3) is 6.30. The highest BCUT2D eigenvalue weighted by molar-refractivity contribution is 5.85. The zero-order valence-corrected chi connectivity index (χ0v) is 15.6. The van der Waals surface area contributed by atoms with E-state index in [1.54, 1.807) is 0 Å². The van der Waals surface area contributed by atoms with Crippen molar-refractivity contribution in [1.82, 2.24) is 15.5 Å². The van der Waals surface area contributed by atoms with Gasteiger partial charge in [-0.3, -0.25) is 9.69 Å². The number of halogens is 2. The Hall–Kier alpha value is -0.810. The first-order chi connectivity index (χ1) is 10.3. The summed E-state index contributed by atoms with van der Waals surface area (Å²) in [6.45, 7) is 7.89. The van der Waals surface area contributed by atoms with Crippen LogP contribution in [0.4, 0.5) is 0 Å². The Kier molecular flexibility index (Phi) is 11.3. The monoisotopic (exact) mass is 361 g/mol. The maximum Gasteiger partial charge on any atom is 0.242 e. The summed E-state index contributed by atoms with van der Waals surface area (Å²) in [5.41, 5.74) is 1.07. The van der Waals surface area contributed by atoms with E-state index in [0.717, 1.165) is 44.6 Å². The second kappa shape index (κ2) is 11.7. The molecule has 1 heterocycles. The number of nitrogens with one attached hydrogen (secondary N) is 2. The van der Waals surface area contributed by atoms with Crippen molar-refractivity contribution in [3.63, 3.8) is 0 Å². The molecule has 2 unspecified atom stereocenters. The van der Waals surface area contributed by atoms with Crippen LogP contribution in [0, 0.1) is 0 Å². The highest BCUT2D eigenvalue weighted by Crippen LogP contribution is 2.21. The maximum atomic E-state index is 12.8. The molecule has 4 nitrogen and oxygen atoms in total. The van der Waals surface area contributed by atoms with Gasteiger partial charge in [0.05, 0.1) is 0 Å². The highest BCUT2D eigenvalue weighted by Gasteiger charge is 2.27. The standard InChI is InChI=1S/C17H27N3O.2ClH/c1-3-20(4-2)16(14-9-6-5-7-10-14)17(21)19-15-11-8-12-18-13-15;;/h5-7,9-10,15-16,18H,3-4,8,11-13H2,1-2H3,(H,19,21);2*1H. The topological polar surface area (TPSA) is 44.4 Å². The van der Waals surface area contributed by atoms with Crippen LogP contribution in [0.1, 0.15) is 38.3 Å². The van der Waals surface area contributed by atoms with Crippen molar-refractivity contribution in [2.24, 2.45) is 0 Å². The zero-order chi connectivity index (χ0) is 15.1. The molecule has 0 spiro atoms. The number of benzene rings is 1. The first-order valence-corrected chi connectivity index (χ1v) is 8.06. The quantitative estimate of drug-likeness (QED) is 0.818. The molecule has 1 saturated heterocycles. The molecule has 1 aromatic carbocycles. The third-order valence-corrected chi connectivity index (χ3v) is 4.18. The fraction of sp³-hybridized carbons (Fsp3) is 0.588. The van der Waals surface area contributed by atoms with E-state index in [1.807, 2.05) is 30.3 Å². The molecule has 0 aromatic heterocycles. The molecule has 1 aromatic rings. The molecule has 6 heteroatoms. The Morgan fingerprint density at radius 3 is 2.43 bits per heavy atom. The van der Waals surface area contributed by atoms with Crippen LogP contribution in [0.2, 0.25) is 0 Å². The van der Waals surface area contributed by atoms with Crippen molar-refractivity contribution < 1.29 is 4.79 Å². The summed E-state index contributed by atoms with van der Waals surface area (Å²) in [4.78, 5) is 15.0. The van der Waals surface area contributed by atoms with Gasteiger partial charge in [-0.25, -0.2) is 0 Å². The van der Waals surface area contributed by atoms with E-state index in [2.05, 4.69) is 29.4 Å². The van der Waals surface area contributed by atoms with Crippen LogP contribution in [-0.2, 0) is 4.79 Å². The van der Waals surface area contributed by atoms with Crippen LogP contribution in [0.15, 0.2) is 30.3 Å². The number of rotatable bonds is 6. The van der Waals surface area contributed by atoms with Gasteiger partial charge in [0.25, 0.3) is 0 Å². The van der Waals surface area contributed by atoms with Crippen molar-refractivity contribution in [2.45, 2.75) is 38.8 Å². The van der Waals surface area contributed by atoms with Crippen molar-refractivity contribution in [3.05, 3.63) is 35.9 Å². The Labute approximate surface area is 152 Å². The smallest absolute Gasteiger partial charge is 0.242 e. The average molecular weight is 362 g/mol. The number of carbonyl (C=O) groups excluding carboxylic acids is 1. The van der Waals surface area contributed by atoms with Crippen LogP contribution in [-0.4, -0.2) is 43.0 Å². The molecule has 0 bridgehead atoms. The average Bonchev–Trinajstić information content (AvgIpc) is 2.54. The van der Waals surface area contributed by atoms with Gasteiger partial charge in [-0.05, 0) is 38.0 Å². The van der Waals surface area contributed by atoms with Gasteiger partial charge in [-0.1, -0.05) is 44.2 Å². The molecular formula is C17H29Cl2N3O. The first kappa shape index (κ1) is 22.2. The molecule has 1 amide bonds. The zero-order valence-electron chi connectivity index (χ0n) is 14.0. The summed E-state index contributed by atoms with van der Waals surface area (Å²) in [7, 11) is 0. The lowest BCUT2D eigenvalue weighted by atomic mass is 10.0. The molecular weight excluding hydrogens is 333 g/mol. The Morgan fingerprint density at radius 1 is 1.26 bits per heavy atom. The van der Waals surface area contributed by atoms with E-state index in [4.69, 9.17) is 0 Å². The Balaban J connectivity index is 0.00000242. The van der Waals surface area contributed by atoms with E-state index in [-0.39, 0.29) is 42.8 Å². The molecule has 23 heavy (non-hydrogen) atoms. The van der Waals surface area contributed by atoms with E-state index >= 15 is 0 Å². The number of amides is 1. The fourth-order valence-electron chi connectivity index (χ4n) is 3.01. The number of nitrogens with zero attached hydrogens (tertiary/aromatic N) is 1. The SMILES string of the molecule is CCN(CC)C(C(=O)NC1CCCNC1)c1ccccc1.Cl.Cl. The van der Waals surface area contributed by atoms with E-state index in [9.17, 15) is 4.79 Å². The predicted molar refractivity (Wildman–Crippen MR) is 101 cm³/mol. The van der Waals surface area contributed by atoms with Crippen molar-refractivity contribution in [2.75, 3.05) is 26.2 Å². The number of piperidine rings is 1. The molecule has 1 aliphatic rings. The molecule has 1 aliphatic heterocycles. The Bertz CT molecular complexity index is 435. The largest absolute Gasteiger partial charge is 0.350 e. The minimum atomic E-state index is -0.192. The highest BCUT2D eigenvalue weighted by atomic mass is 35.5. The van der Waals surface area contributed by atoms with Crippen molar-refractivity contribution >= 4 is 30.7 Å². The molecule has 2 rings (SSSR count). The second-order valence-corrected chi connectivity index (χ2v) is 5.59. The van der Waals surface area contributed by atoms with E-state index < -0.39 is 0 Å². The van der Waals surface area contributed by atoms with Gasteiger partial charge < -0.3 is 10.6 Å². The number of carbonyl (C=O) groups is 1. The van der Waals surface area contributed by atoms with Crippen molar-refractivity contribution in [1.29, 1.82) is 0 Å². The van der Waals surface area contributed by atoms with E-state index in [1.165, 1.54) is 0 Å².